The number of aromatic nitrogens is 2. The van der Waals surface area contributed by atoms with Crippen molar-refractivity contribution in [2.45, 2.75) is 25.3 Å². The molecule has 2 aromatic carbocycles. The number of piperidine rings is 1. The van der Waals surface area contributed by atoms with Crippen LogP contribution in [-0.4, -0.2) is 58.4 Å². The van der Waals surface area contributed by atoms with E-state index < -0.39 is 0 Å². The molecule has 5 rings (SSSR count). The van der Waals surface area contributed by atoms with Crippen molar-refractivity contribution in [2.24, 2.45) is 5.92 Å². The highest BCUT2D eigenvalue weighted by atomic mass is 16.2. The first kappa shape index (κ1) is 17.4. The molecule has 0 aliphatic carbocycles. The van der Waals surface area contributed by atoms with Gasteiger partial charge >= 0.3 is 0 Å². The molecule has 2 saturated heterocycles. The number of carbonyl (C=O) groups excluding carboxylic acids is 1. The predicted molar refractivity (Wildman–Crippen MR) is 110 cm³/mol. The van der Waals surface area contributed by atoms with Crippen molar-refractivity contribution in [3.05, 3.63) is 65.5 Å². The first-order valence-electron chi connectivity index (χ1n) is 10.1. The standard InChI is InChI=1S/C23H26N4O/c1-15-24-20-9-8-17(12-21(20)25-15)23(28)27-11-10-22-19(14-27)18(13-26(22)2)16-6-4-3-5-7-16/h3-9,12,18-19,22H,10-11,13-14H2,1-2H3,(H,24,25)/t18-,19-,22-/m1/s1. The number of likely N-dealkylation sites (N-methyl/N-ethyl adjacent to an activating group) is 1. The van der Waals surface area contributed by atoms with Crippen LogP contribution in [0.3, 0.4) is 0 Å². The summed E-state index contributed by atoms with van der Waals surface area (Å²) in [6, 6.07) is 17.1. The zero-order chi connectivity index (χ0) is 19.3. The number of nitrogens with one attached hydrogen (secondary N) is 1. The smallest absolute Gasteiger partial charge is 0.253 e. The molecule has 2 fully saturated rings. The van der Waals surface area contributed by atoms with E-state index in [1.807, 2.05) is 25.1 Å². The van der Waals surface area contributed by atoms with Crippen LogP contribution in [0.1, 0.15) is 34.1 Å². The van der Waals surface area contributed by atoms with E-state index in [0.29, 0.717) is 17.9 Å². The Bertz CT molecular complexity index is 1010. The maximum Gasteiger partial charge on any atom is 0.253 e. The van der Waals surface area contributed by atoms with Crippen molar-refractivity contribution in [2.75, 3.05) is 26.7 Å². The van der Waals surface area contributed by atoms with Crippen molar-refractivity contribution >= 4 is 16.9 Å². The topological polar surface area (TPSA) is 52.2 Å². The second-order valence-electron chi connectivity index (χ2n) is 8.28. The fourth-order valence-electron chi connectivity index (χ4n) is 5.18. The summed E-state index contributed by atoms with van der Waals surface area (Å²) in [5.41, 5.74) is 3.98. The predicted octanol–water partition coefficient (Wildman–Crippen LogP) is 3.43. The summed E-state index contributed by atoms with van der Waals surface area (Å²) in [5.74, 6) is 1.99. The number of nitrogens with zero attached hydrogens (tertiary/aromatic N) is 3. The Kier molecular flexibility index (Phi) is 4.20. The summed E-state index contributed by atoms with van der Waals surface area (Å²) in [7, 11) is 2.23. The van der Waals surface area contributed by atoms with Crippen LogP contribution >= 0.6 is 0 Å². The largest absolute Gasteiger partial charge is 0.342 e. The van der Waals surface area contributed by atoms with Gasteiger partial charge in [-0.3, -0.25) is 4.79 Å². The summed E-state index contributed by atoms with van der Waals surface area (Å²) < 4.78 is 0. The van der Waals surface area contributed by atoms with E-state index in [1.54, 1.807) is 0 Å². The lowest BCUT2D eigenvalue weighted by atomic mass is 9.81. The summed E-state index contributed by atoms with van der Waals surface area (Å²) in [5, 5.41) is 0. The summed E-state index contributed by atoms with van der Waals surface area (Å²) >= 11 is 0. The van der Waals surface area contributed by atoms with Gasteiger partial charge in [0, 0.05) is 43.1 Å². The van der Waals surface area contributed by atoms with Gasteiger partial charge in [-0.2, -0.15) is 0 Å². The van der Waals surface area contributed by atoms with Crippen LogP contribution in [0.4, 0.5) is 0 Å². The maximum atomic E-state index is 13.2. The van der Waals surface area contributed by atoms with E-state index in [9.17, 15) is 4.79 Å². The Hall–Kier alpha value is -2.66. The monoisotopic (exact) mass is 374 g/mol. The minimum absolute atomic E-state index is 0.133. The Morgan fingerprint density at radius 2 is 1.96 bits per heavy atom. The molecule has 2 aliphatic heterocycles. The highest BCUT2D eigenvalue weighted by molar-refractivity contribution is 5.97. The first-order valence-corrected chi connectivity index (χ1v) is 10.1. The summed E-state index contributed by atoms with van der Waals surface area (Å²) in [6.45, 7) is 4.66. The fraction of sp³-hybridized carbons (Fsp3) is 0.391. The molecule has 3 aromatic rings. The third-order valence-electron chi connectivity index (χ3n) is 6.55. The van der Waals surface area contributed by atoms with E-state index in [0.717, 1.165) is 48.5 Å². The van der Waals surface area contributed by atoms with Crippen LogP contribution in [0.15, 0.2) is 48.5 Å². The van der Waals surface area contributed by atoms with Gasteiger partial charge in [0.1, 0.15) is 5.82 Å². The van der Waals surface area contributed by atoms with E-state index >= 15 is 0 Å². The van der Waals surface area contributed by atoms with E-state index in [4.69, 9.17) is 0 Å². The van der Waals surface area contributed by atoms with Crippen LogP contribution < -0.4 is 0 Å². The quantitative estimate of drug-likeness (QED) is 0.748. The van der Waals surface area contributed by atoms with Gasteiger partial charge in [-0.15, -0.1) is 0 Å². The van der Waals surface area contributed by atoms with Crippen molar-refractivity contribution in [1.29, 1.82) is 0 Å². The number of carbonyl (C=O) groups is 1. The average Bonchev–Trinajstić information content (AvgIpc) is 3.26. The van der Waals surface area contributed by atoms with E-state index in [1.165, 1.54) is 5.56 Å². The molecule has 0 spiro atoms. The molecular weight excluding hydrogens is 348 g/mol. The van der Waals surface area contributed by atoms with Gasteiger partial charge in [-0.05, 0) is 44.2 Å². The molecule has 0 saturated carbocycles. The van der Waals surface area contributed by atoms with Gasteiger partial charge in [0.15, 0.2) is 0 Å². The molecule has 1 N–H and O–H groups in total. The Morgan fingerprint density at radius 1 is 1.14 bits per heavy atom. The van der Waals surface area contributed by atoms with Crippen LogP contribution in [0, 0.1) is 12.8 Å². The minimum Gasteiger partial charge on any atom is -0.342 e. The first-order chi connectivity index (χ1) is 13.6. The third-order valence-corrected chi connectivity index (χ3v) is 6.55. The third kappa shape index (κ3) is 2.90. The number of benzene rings is 2. The maximum absolute atomic E-state index is 13.2. The molecule has 1 amide bonds. The zero-order valence-electron chi connectivity index (χ0n) is 16.4. The van der Waals surface area contributed by atoms with Gasteiger partial charge in [0.25, 0.3) is 5.91 Å². The molecule has 5 heteroatoms. The second-order valence-corrected chi connectivity index (χ2v) is 8.28. The van der Waals surface area contributed by atoms with E-state index in [-0.39, 0.29) is 5.91 Å². The number of fused-ring (bicyclic) bond motifs is 2. The molecule has 0 radical (unpaired) electrons. The summed E-state index contributed by atoms with van der Waals surface area (Å²) in [6.07, 6.45) is 1.04. The molecule has 3 atom stereocenters. The molecular formula is C23H26N4O. The molecule has 144 valence electrons. The lowest BCUT2D eigenvalue weighted by Gasteiger charge is -2.38. The number of likely N-dealkylation sites (tertiary alicyclic amines) is 2. The minimum atomic E-state index is 0.133. The van der Waals surface area contributed by atoms with Crippen molar-refractivity contribution < 1.29 is 4.79 Å². The van der Waals surface area contributed by atoms with Gasteiger partial charge in [0.2, 0.25) is 0 Å². The SMILES string of the molecule is Cc1nc2ccc(C(=O)N3CC[C@@H]4[C@H](C3)[C@@H](c3ccccc3)CN4C)cc2[nH]1. The number of hydrogen-bond donors (Lipinski definition) is 1. The fourth-order valence-corrected chi connectivity index (χ4v) is 5.18. The van der Waals surface area contributed by atoms with Crippen LogP contribution in [-0.2, 0) is 0 Å². The number of H-pyrrole nitrogens is 1. The highest BCUT2D eigenvalue weighted by Crippen LogP contribution is 2.40. The highest BCUT2D eigenvalue weighted by Gasteiger charge is 2.44. The van der Waals surface area contributed by atoms with Crippen molar-refractivity contribution in [3.63, 3.8) is 0 Å². The number of aromatic amines is 1. The number of hydrogen-bond acceptors (Lipinski definition) is 3. The van der Waals surface area contributed by atoms with Crippen molar-refractivity contribution in [1.82, 2.24) is 19.8 Å². The molecule has 0 bridgehead atoms. The zero-order valence-corrected chi connectivity index (χ0v) is 16.4. The molecule has 1 aromatic heterocycles. The lowest BCUT2D eigenvalue weighted by Crippen LogP contribution is -2.48. The van der Waals surface area contributed by atoms with Crippen LogP contribution in [0.25, 0.3) is 11.0 Å². The molecule has 5 nitrogen and oxygen atoms in total. The van der Waals surface area contributed by atoms with E-state index in [2.05, 4.69) is 57.1 Å². The van der Waals surface area contributed by atoms with Crippen LogP contribution in [0.5, 0.6) is 0 Å². The van der Waals surface area contributed by atoms with Crippen molar-refractivity contribution in [3.8, 4) is 0 Å². The Balaban J connectivity index is 1.40. The molecule has 2 aliphatic rings. The van der Waals surface area contributed by atoms with Gasteiger partial charge in [-0.25, -0.2) is 4.98 Å². The number of imidazole rings is 1. The lowest BCUT2D eigenvalue weighted by molar-refractivity contribution is 0.0608. The number of aryl methyl sites for hydroxylation is 1. The normalized spacial score (nSPS) is 25.2. The molecule has 0 unspecified atom stereocenters. The van der Waals surface area contributed by atoms with Gasteiger partial charge in [0.05, 0.1) is 11.0 Å². The summed E-state index contributed by atoms with van der Waals surface area (Å²) in [4.78, 5) is 25.5. The van der Waals surface area contributed by atoms with Gasteiger partial charge in [-0.1, -0.05) is 30.3 Å². The Morgan fingerprint density at radius 3 is 2.79 bits per heavy atom. The number of rotatable bonds is 2. The second kappa shape index (κ2) is 6.74. The Labute approximate surface area is 165 Å². The van der Waals surface area contributed by atoms with Crippen LogP contribution in [0.2, 0.25) is 0 Å². The molecule has 3 heterocycles. The number of amides is 1. The molecule has 28 heavy (non-hydrogen) atoms. The van der Waals surface area contributed by atoms with Gasteiger partial charge < -0.3 is 14.8 Å². The average molecular weight is 374 g/mol.